The number of nitrogens with zero attached hydrogens (tertiary/aromatic N) is 1. The van der Waals surface area contributed by atoms with Gasteiger partial charge in [-0.2, -0.15) is 0 Å². The Balaban J connectivity index is 2.07. The molecule has 0 saturated heterocycles. The van der Waals surface area contributed by atoms with E-state index in [4.69, 9.17) is 4.74 Å². The van der Waals surface area contributed by atoms with E-state index in [0.29, 0.717) is 10.0 Å². The van der Waals surface area contributed by atoms with E-state index in [1.807, 2.05) is 0 Å². The molecular formula is C12H8BrF2NO. The normalized spacial score (nSPS) is 10.3. The van der Waals surface area contributed by atoms with Gasteiger partial charge in [0.1, 0.15) is 12.4 Å². The Bertz CT molecular complexity index is 534. The number of halogens is 3. The van der Waals surface area contributed by atoms with Gasteiger partial charge in [0.15, 0.2) is 5.82 Å². The van der Waals surface area contributed by atoms with Crippen molar-refractivity contribution < 1.29 is 13.5 Å². The first kappa shape index (κ1) is 12.0. The lowest BCUT2D eigenvalue weighted by Gasteiger charge is -2.06. The Hall–Kier alpha value is -1.49. The second-order valence-corrected chi connectivity index (χ2v) is 4.27. The number of aromatic nitrogens is 1. The predicted molar refractivity (Wildman–Crippen MR) is 62.6 cm³/mol. The van der Waals surface area contributed by atoms with E-state index in [1.54, 1.807) is 12.1 Å². The average Bonchev–Trinajstić information content (AvgIpc) is 2.28. The van der Waals surface area contributed by atoms with Crippen LogP contribution in [0.15, 0.2) is 41.0 Å². The van der Waals surface area contributed by atoms with Gasteiger partial charge in [-0.05, 0) is 39.7 Å². The van der Waals surface area contributed by atoms with Gasteiger partial charge in [0.05, 0.1) is 0 Å². The van der Waals surface area contributed by atoms with Crippen molar-refractivity contribution in [3.63, 3.8) is 0 Å². The van der Waals surface area contributed by atoms with Gasteiger partial charge in [-0.1, -0.05) is 12.1 Å². The summed E-state index contributed by atoms with van der Waals surface area (Å²) in [6, 6.07) is 7.19. The highest BCUT2D eigenvalue weighted by Gasteiger charge is 2.06. The number of benzene rings is 1. The first-order valence-electron chi connectivity index (χ1n) is 4.83. The van der Waals surface area contributed by atoms with E-state index in [2.05, 4.69) is 20.9 Å². The molecule has 0 amide bonds. The van der Waals surface area contributed by atoms with Gasteiger partial charge in [0.2, 0.25) is 0 Å². The Labute approximate surface area is 105 Å². The highest BCUT2D eigenvalue weighted by atomic mass is 79.9. The maximum absolute atomic E-state index is 13.3. The van der Waals surface area contributed by atoms with Crippen LogP contribution in [0.3, 0.4) is 0 Å². The zero-order valence-corrected chi connectivity index (χ0v) is 10.2. The van der Waals surface area contributed by atoms with Crippen LogP contribution in [-0.4, -0.2) is 4.98 Å². The van der Waals surface area contributed by atoms with Crippen LogP contribution in [0.25, 0.3) is 0 Å². The lowest BCUT2D eigenvalue weighted by Crippen LogP contribution is -1.99. The molecule has 1 aromatic heterocycles. The second kappa shape index (κ2) is 5.23. The van der Waals surface area contributed by atoms with E-state index in [-0.39, 0.29) is 18.3 Å². The summed E-state index contributed by atoms with van der Waals surface area (Å²) in [7, 11) is 0. The third-order valence-electron chi connectivity index (χ3n) is 2.04. The molecule has 0 saturated carbocycles. The largest absolute Gasteiger partial charge is 0.471 e. The minimum Gasteiger partial charge on any atom is -0.471 e. The van der Waals surface area contributed by atoms with Gasteiger partial charge in [0.25, 0.3) is 5.88 Å². The second-order valence-electron chi connectivity index (χ2n) is 3.36. The molecule has 17 heavy (non-hydrogen) atoms. The molecule has 2 rings (SSSR count). The fraction of sp³-hybridized carbons (Fsp3) is 0.0833. The van der Waals surface area contributed by atoms with E-state index < -0.39 is 5.82 Å². The van der Waals surface area contributed by atoms with Crippen molar-refractivity contribution in [1.82, 2.24) is 4.98 Å². The highest BCUT2D eigenvalue weighted by molar-refractivity contribution is 9.10. The summed E-state index contributed by atoms with van der Waals surface area (Å²) in [6.45, 7) is 0.0727. The summed E-state index contributed by atoms with van der Waals surface area (Å²) >= 11 is 3.09. The Morgan fingerprint density at radius 3 is 2.76 bits per heavy atom. The molecule has 0 atom stereocenters. The minimum atomic E-state index is -0.559. The third-order valence-corrected chi connectivity index (χ3v) is 2.47. The van der Waals surface area contributed by atoms with Crippen LogP contribution in [-0.2, 0) is 6.61 Å². The molecule has 5 heteroatoms. The van der Waals surface area contributed by atoms with Gasteiger partial charge >= 0.3 is 0 Å². The molecule has 2 aromatic rings. The Morgan fingerprint density at radius 1 is 1.24 bits per heavy atom. The Kier molecular flexibility index (Phi) is 3.68. The van der Waals surface area contributed by atoms with Crippen molar-refractivity contribution in [1.29, 1.82) is 0 Å². The molecule has 0 aliphatic rings. The molecule has 1 aromatic carbocycles. The molecule has 0 unspecified atom stereocenters. The number of rotatable bonds is 3. The molecule has 0 radical (unpaired) electrons. The van der Waals surface area contributed by atoms with Crippen LogP contribution in [0.2, 0.25) is 0 Å². The summed E-state index contributed by atoms with van der Waals surface area (Å²) in [5.74, 6) is -1.01. The monoisotopic (exact) mass is 299 g/mol. The number of hydrogen-bond acceptors (Lipinski definition) is 2. The van der Waals surface area contributed by atoms with Crippen molar-refractivity contribution >= 4 is 15.9 Å². The minimum absolute atomic E-state index is 0.0727. The zero-order chi connectivity index (χ0) is 12.3. The fourth-order valence-corrected chi connectivity index (χ4v) is 1.59. The lowest BCUT2D eigenvalue weighted by molar-refractivity contribution is 0.276. The molecule has 1 heterocycles. The van der Waals surface area contributed by atoms with Gasteiger partial charge in [0, 0.05) is 10.7 Å². The maximum Gasteiger partial charge on any atom is 0.250 e. The van der Waals surface area contributed by atoms with Crippen LogP contribution in [0, 0.1) is 11.6 Å². The Morgan fingerprint density at radius 2 is 2.06 bits per heavy atom. The molecule has 0 aliphatic heterocycles. The molecule has 88 valence electrons. The van der Waals surface area contributed by atoms with E-state index in [1.165, 1.54) is 24.4 Å². The predicted octanol–water partition coefficient (Wildman–Crippen LogP) is 3.70. The lowest BCUT2D eigenvalue weighted by atomic mass is 10.2. The van der Waals surface area contributed by atoms with Crippen LogP contribution < -0.4 is 4.74 Å². The standard InChI is InChI=1S/C12H8BrF2NO/c13-9-5-11(15)12(16-6-9)17-7-8-2-1-3-10(14)4-8/h1-6H,7H2. The summed E-state index contributed by atoms with van der Waals surface area (Å²) in [6.07, 6.45) is 1.43. The molecule has 2 nitrogen and oxygen atoms in total. The number of hydrogen-bond donors (Lipinski definition) is 0. The van der Waals surface area contributed by atoms with Crippen molar-refractivity contribution in [2.75, 3.05) is 0 Å². The first-order chi connectivity index (χ1) is 8.15. The van der Waals surface area contributed by atoms with E-state index >= 15 is 0 Å². The van der Waals surface area contributed by atoms with Crippen LogP contribution in [0.4, 0.5) is 8.78 Å². The van der Waals surface area contributed by atoms with Gasteiger partial charge < -0.3 is 4.74 Å². The topological polar surface area (TPSA) is 22.1 Å². The zero-order valence-electron chi connectivity index (χ0n) is 8.66. The van der Waals surface area contributed by atoms with Crippen molar-refractivity contribution in [2.24, 2.45) is 0 Å². The summed E-state index contributed by atoms with van der Waals surface area (Å²) in [5.41, 5.74) is 0.620. The summed E-state index contributed by atoms with van der Waals surface area (Å²) in [5, 5.41) is 0. The smallest absolute Gasteiger partial charge is 0.250 e. The molecule has 0 bridgehead atoms. The van der Waals surface area contributed by atoms with Crippen molar-refractivity contribution in [3.05, 3.63) is 58.2 Å². The van der Waals surface area contributed by atoms with Crippen LogP contribution in [0.5, 0.6) is 5.88 Å². The summed E-state index contributed by atoms with van der Waals surface area (Å²) in [4.78, 5) is 3.78. The maximum atomic E-state index is 13.3. The SMILES string of the molecule is Fc1cccc(COc2ncc(Br)cc2F)c1. The van der Waals surface area contributed by atoms with Crippen LogP contribution in [0.1, 0.15) is 5.56 Å². The quantitative estimate of drug-likeness (QED) is 0.862. The molecule has 0 spiro atoms. The third kappa shape index (κ3) is 3.23. The summed E-state index contributed by atoms with van der Waals surface area (Å²) < 4.78 is 31.9. The first-order valence-corrected chi connectivity index (χ1v) is 5.63. The van der Waals surface area contributed by atoms with Crippen molar-refractivity contribution in [3.8, 4) is 5.88 Å². The molecular weight excluding hydrogens is 292 g/mol. The van der Waals surface area contributed by atoms with E-state index in [9.17, 15) is 8.78 Å². The number of ether oxygens (including phenoxy) is 1. The van der Waals surface area contributed by atoms with Gasteiger partial charge in [-0.25, -0.2) is 13.8 Å². The molecule has 0 aliphatic carbocycles. The highest BCUT2D eigenvalue weighted by Crippen LogP contribution is 2.19. The van der Waals surface area contributed by atoms with Crippen LogP contribution >= 0.6 is 15.9 Å². The average molecular weight is 300 g/mol. The fourth-order valence-electron chi connectivity index (χ4n) is 1.29. The van der Waals surface area contributed by atoms with Gasteiger partial charge in [-0.15, -0.1) is 0 Å². The number of pyridine rings is 1. The molecule has 0 fully saturated rings. The molecule has 0 N–H and O–H groups in total. The van der Waals surface area contributed by atoms with Crippen molar-refractivity contribution in [2.45, 2.75) is 6.61 Å². The van der Waals surface area contributed by atoms with Gasteiger partial charge in [-0.3, -0.25) is 0 Å². The van der Waals surface area contributed by atoms with E-state index in [0.717, 1.165) is 0 Å².